The number of halogens is 1. The van der Waals surface area contributed by atoms with Crippen LogP contribution < -0.4 is 4.74 Å². The van der Waals surface area contributed by atoms with Crippen LogP contribution >= 0.6 is 11.6 Å². The normalized spacial score (nSPS) is 11.5. The summed E-state index contributed by atoms with van der Waals surface area (Å²) in [4.78, 5) is 24.7. The van der Waals surface area contributed by atoms with Gasteiger partial charge in [-0.1, -0.05) is 41.9 Å². The number of carbonyl (C=O) groups excluding carboxylic acids is 2. The van der Waals surface area contributed by atoms with Crippen LogP contribution in [0.5, 0.6) is 5.75 Å². The molecule has 0 saturated heterocycles. The number of benzene rings is 3. The minimum atomic E-state index is -0.900. The summed E-state index contributed by atoms with van der Waals surface area (Å²) in [6, 6.07) is 22.9. The van der Waals surface area contributed by atoms with Gasteiger partial charge in [-0.05, 0) is 61.0 Å². The maximum absolute atomic E-state index is 12.4. The predicted molar refractivity (Wildman–Crippen MR) is 108 cm³/mol. The molecule has 3 rings (SSSR count). The lowest BCUT2D eigenvalue weighted by molar-refractivity contribution is 0.0319. The van der Waals surface area contributed by atoms with Crippen LogP contribution in [0.1, 0.15) is 33.2 Å². The number of ketones is 1. The highest BCUT2D eigenvalue weighted by Crippen LogP contribution is 2.17. The standard InChI is InChI=1S/C23H19ClO4/c1-16(22(25)18-7-11-20(24)12-8-18)28-23(26)19-9-13-21(14-10-19)27-15-17-5-3-2-4-6-17/h2-14,16H,15H2,1H3/t16-/m0/s1. The molecule has 3 aromatic rings. The van der Waals surface area contributed by atoms with E-state index in [0.29, 0.717) is 28.5 Å². The third-order valence-electron chi connectivity index (χ3n) is 4.12. The Morgan fingerprint density at radius 2 is 1.46 bits per heavy atom. The first-order chi connectivity index (χ1) is 13.5. The fraction of sp³-hybridized carbons (Fsp3) is 0.130. The number of ether oxygens (including phenoxy) is 2. The van der Waals surface area contributed by atoms with Crippen molar-refractivity contribution in [3.05, 3.63) is 101 Å². The smallest absolute Gasteiger partial charge is 0.338 e. The van der Waals surface area contributed by atoms with Crippen LogP contribution in [0.2, 0.25) is 5.02 Å². The average Bonchev–Trinajstić information content (AvgIpc) is 2.73. The zero-order chi connectivity index (χ0) is 19.9. The third-order valence-corrected chi connectivity index (χ3v) is 4.37. The Morgan fingerprint density at radius 1 is 0.857 bits per heavy atom. The van der Waals surface area contributed by atoms with E-state index >= 15 is 0 Å². The highest BCUT2D eigenvalue weighted by molar-refractivity contribution is 6.30. The summed E-state index contributed by atoms with van der Waals surface area (Å²) in [6.45, 7) is 1.99. The van der Waals surface area contributed by atoms with Crippen molar-refractivity contribution in [2.24, 2.45) is 0 Å². The molecule has 5 heteroatoms. The molecule has 0 spiro atoms. The molecule has 0 heterocycles. The van der Waals surface area contributed by atoms with Crippen LogP contribution in [0.25, 0.3) is 0 Å². The molecule has 0 aliphatic carbocycles. The first kappa shape index (κ1) is 19.6. The summed E-state index contributed by atoms with van der Waals surface area (Å²) in [6.07, 6.45) is -0.900. The van der Waals surface area contributed by atoms with E-state index in [1.165, 1.54) is 0 Å². The molecule has 0 bridgehead atoms. The maximum Gasteiger partial charge on any atom is 0.338 e. The Kier molecular flexibility index (Phi) is 6.45. The Bertz CT molecular complexity index is 935. The van der Waals surface area contributed by atoms with Gasteiger partial charge < -0.3 is 9.47 Å². The van der Waals surface area contributed by atoms with Crippen molar-refractivity contribution in [1.82, 2.24) is 0 Å². The van der Waals surface area contributed by atoms with Gasteiger partial charge >= 0.3 is 5.97 Å². The zero-order valence-corrected chi connectivity index (χ0v) is 16.1. The molecule has 0 amide bonds. The van der Waals surface area contributed by atoms with E-state index in [-0.39, 0.29) is 5.78 Å². The van der Waals surface area contributed by atoms with Gasteiger partial charge in [-0.3, -0.25) is 4.79 Å². The van der Waals surface area contributed by atoms with Crippen LogP contribution in [-0.2, 0) is 11.3 Å². The van der Waals surface area contributed by atoms with E-state index in [9.17, 15) is 9.59 Å². The molecule has 28 heavy (non-hydrogen) atoms. The van der Waals surface area contributed by atoms with Gasteiger partial charge in [0.1, 0.15) is 12.4 Å². The molecule has 0 fully saturated rings. The topological polar surface area (TPSA) is 52.6 Å². The molecule has 4 nitrogen and oxygen atoms in total. The highest BCUT2D eigenvalue weighted by Gasteiger charge is 2.20. The molecule has 0 aromatic heterocycles. The summed E-state index contributed by atoms with van der Waals surface area (Å²) in [5, 5.41) is 0.538. The first-order valence-electron chi connectivity index (χ1n) is 8.80. The fourth-order valence-electron chi connectivity index (χ4n) is 2.56. The number of Topliss-reactive ketones (excluding diaryl/α,β-unsaturated/α-hetero) is 1. The van der Waals surface area contributed by atoms with Gasteiger partial charge in [0.15, 0.2) is 6.10 Å². The number of hydrogen-bond acceptors (Lipinski definition) is 4. The second-order valence-electron chi connectivity index (χ2n) is 6.22. The number of carbonyl (C=O) groups is 2. The molecular formula is C23H19ClO4. The van der Waals surface area contributed by atoms with Gasteiger partial charge in [-0.2, -0.15) is 0 Å². The Morgan fingerprint density at radius 3 is 2.11 bits per heavy atom. The molecule has 3 aromatic carbocycles. The summed E-state index contributed by atoms with van der Waals surface area (Å²) >= 11 is 5.82. The molecule has 142 valence electrons. The molecule has 0 aliphatic heterocycles. The van der Waals surface area contributed by atoms with Crippen LogP contribution in [0.4, 0.5) is 0 Å². The Labute approximate surface area is 168 Å². The van der Waals surface area contributed by atoms with Crippen molar-refractivity contribution in [2.45, 2.75) is 19.6 Å². The van der Waals surface area contributed by atoms with Crippen molar-refractivity contribution >= 4 is 23.4 Å². The summed E-state index contributed by atoms with van der Waals surface area (Å²) < 4.78 is 11.0. The van der Waals surface area contributed by atoms with Gasteiger partial charge in [0, 0.05) is 10.6 Å². The van der Waals surface area contributed by atoms with E-state index in [1.807, 2.05) is 30.3 Å². The van der Waals surface area contributed by atoms with Gasteiger partial charge in [-0.25, -0.2) is 4.79 Å². The summed E-state index contributed by atoms with van der Waals surface area (Å²) in [5.74, 6) is -0.206. The van der Waals surface area contributed by atoms with Crippen molar-refractivity contribution < 1.29 is 19.1 Å². The van der Waals surface area contributed by atoms with E-state index < -0.39 is 12.1 Å². The lowest BCUT2D eigenvalue weighted by Crippen LogP contribution is -2.24. The Balaban J connectivity index is 1.56. The van der Waals surface area contributed by atoms with Gasteiger partial charge in [0.2, 0.25) is 5.78 Å². The van der Waals surface area contributed by atoms with Crippen molar-refractivity contribution in [3.8, 4) is 5.75 Å². The van der Waals surface area contributed by atoms with Crippen molar-refractivity contribution in [1.29, 1.82) is 0 Å². The molecule has 0 aliphatic rings. The van der Waals surface area contributed by atoms with E-state index in [0.717, 1.165) is 5.56 Å². The monoisotopic (exact) mass is 394 g/mol. The minimum Gasteiger partial charge on any atom is -0.489 e. The molecular weight excluding hydrogens is 376 g/mol. The maximum atomic E-state index is 12.4. The van der Waals surface area contributed by atoms with Crippen molar-refractivity contribution in [3.63, 3.8) is 0 Å². The van der Waals surface area contributed by atoms with Crippen LogP contribution in [-0.4, -0.2) is 17.9 Å². The van der Waals surface area contributed by atoms with E-state index in [4.69, 9.17) is 21.1 Å². The van der Waals surface area contributed by atoms with Gasteiger partial charge in [0.25, 0.3) is 0 Å². The van der Waals surface area contributed by atoms with Crippen LogP contribution in [0, 0.1) is 0 Å². The molecule has 0 N–H and O–H groups in total. The predicted octanol–water partition coefficient (Wildman–Crippen LogP) is 5.35. The summed E-state index contributed by atoms with van der Waals surface area (Å²) in [5.41, 5.74) is 1.85. The van der Waals surface area contributed by atoms with Crippen molar-refractivity contribution in [2.75, 3.05) is 0 Å². The average molecular weight is 395 g/mol. The van der Waals surface area contributed by atoms with Gasteiger partial charge in [0.05, 0.1) is 5.56 Å². The Hall–Kier alpha value is -3.11. The second-order valence-corrected chi connectivity index (χ2v) is 6.65. The SMILES string of the molecule is C[C@H](OC(=O)c1ccc(OCc2ccccc2)cc1)C(=O)c1ccc(Cl)cc1. The van der Waals surface area contributed by atoms with E-state index in [2.05, 4.69) is 0 Å². The van der Waals surface area contributed by atoms with Crippen LogP contribution in [0.3, 0.4) is 0 Å². The number of hydrogen-bond donors (Lipinski definition) is 0. The third kappa shape index (κ3) is 5.21. The van der Waals surface area contributed by atoms with E-state index in [1.54, 1.807) is 55.5 Å². The quantitative estimate of drug-likeness (QED) is 0.400. The number of esters is 1. The zero-order valence-electron chi connectivity index (χ0n) is 15.3. The van der Waals surface area contributed by atoms with Crippen LogP contribution in [0.15, 0.2) is 78.9 Å². The lowest BCUT2D eigenvalue weighted by atomic mass is 10.1. The number of rotatable bonds is 7. The minimum absolute atomic E-state index is 0.284. The molecule has 0 unspecified atom stereocenters. The molecule has 0 radical (unpaired) electrons. The molecule has 0 saturated carbocycles. The van der Waals surface area contributed by atoms with Gasteiger partial charge in [-0.15, -0.1) is 0 Å². The molecule has 1 atom stereocenters. The largest absolute Gasteiger partial charge is 0.489 e. The first-order valence-corrected chi connectivity index (χ1v) is 9.18. The summed E-state index contributed by atoms with van der Waals surface area (Å²) in [7, 11) is 0. The second kappa shape index (κ2) is 9.20. The fourth-order valence-corrected chi connectivity index (χ4v) is 2.69. The highest BCUT2D eigenvalue weighted by atomic mass is 35.5. The lowest BCUT2D eigenvalue weighted by Gasteiger charge is -2.13.